The molecule has 3 rings (SSSR count). The minimum atomic E-state index is -0.859. The third kappa shape index (κ3) is 1.76. The van der Waals surface area contributed by atoms with Gasteiger partial charge in [-0.3, -0.25) is 0 Å². The lowest BCUT2D eigenvalue weighted by Crippen LogP contribution is -2.21. The van der Waals surface area contributed by atoms with Gasteiger partial charge in [0.25, 0.3) is 0 Å². The van der Waals surface area contributed by atoms with Gasteiger partial charge in [-0.25, -0.2) is 8.78 Å². The van der Waals surface area contributed by atoms with Crippen LogP contribution < -0.4 is 0 Å². The largest absolute Gasteiger partial charge is 0.379 e. The fourth-order valence-electron chi connectivity index (χ4n) is 2.43. The SMILES string of the molecule is Fc1ccc2[nH]c(=S)n(C3CCCOC3)c2c1F. The molecule has 0 saturated carbocycles. The Kier molecular flexibility index (Phi) is 2.91. The van der Waals surface area contributed by atoms with Gasteiger partial charge in [0.2, 0.25) is 0 Å². The average Bonchev–Trinajstić information content (AvgIpc) is 2.72. The van der Waals surface area contributed by atoms with E-state index in [0.29, 0.717) is 23.5 Å². The number of nitrogens with one attached hydrogen (secondary N) is 1. The van der Waals surface area contributed by atoms with E-state index in [-0.39, 0.29) is 11.6 Å². The van der Waals surface area contributed by atoms with Crippen LogP contribution in [0.1, 0.15) is 18.9 Å². The first-order valence-corrected chi connectivity index (χ1v) is 6.25. The fourth-order valence-corrected chi connectivity index (χ4v) is 2.78. The van der Waals surface area contributed by atoms with Gasteiger partial charge in [-0.2, -0.15) is 0 Å². The van der Waals surface area contributed by atoms with Crippen molar-refractivity contribution in [3.05, 3.63) is 28.5 Å². The molecule has 1 aliphatic rings. The van der Waals surface area contributed by atoms with Crippen LogP contribution in [0.4, 0.5) is 8.78 Å². The summed E-state index contributed by atoms with van der Waals surface area (Å²) in [6.07, 6.45) is 1.76. The summed E-state index contributed by atoms with van der Waals surface area (Å²) in [5.41, 5.74) is 0.722. The number of imidazole rings is 1. The van der Waals surface area contributed by atoms with Crippen LogP contribution >= 0.6 is 12.2 Å². The number of hydrogen-bond donors (Lipinski definition) is 1. The van der Waals surface area contributed by atoms with Crippen molar-refractivity contribution in [2.75, 3.05) is 13.2 Å². The molecule has 1 N–H and O–H groups in total. The number of hydrogen-bond acceptors (Lipinski definition) is 2. The maximum Gasteiger partial charge on any atom is 0.184 e. The molecule has 1 aromatic carbocycles. The molecule has 1 atom stereocenters. The summed E-state index contributed by atoms with van der Waals surface area (Å²) >= 11 is 5.20. The van der Waals surface area contributed by atoms with Crippen LogP contribution in [-0.4, -0.2) is 22.8 Å². The van der Waals surface area contributed by atoms with E-state index in [9.17, 15) is 8.78 Å². The van der Waals surface area contributed by atoms with Crippen LogP contribution in [0.2, 0.25) is 0 Å². The topological polar surface area (TPSA) is 29.9 Å². The maximum atomic E-state index is 13.9. The monoisotopic (exact) mass is 270 g/mol. The van der Waals surface area contributed by atoms with Crippen molar-refractivity contribution in [1.82, 2.24) is 9.55 Å². The summed E-state index contributed by atoms with van der Waals surface area (Å²) < 4.78 is 34.7. The highest BCUT2D eigenvalue weighted by atomic mass is 32.1. The third-order valence-corrected chi connectivity index (χ3v) is 3.57. The van der Waals surface area contributed by atoms with Crippen molar-refractivity contribution in [3.63, 3.8) is 0 Å². The molecule has 2 heterocycles. The van der Waals surface area contributed by atoms with E-state index < -0.39 is 11.6 Å². The molecule has 2 aromatic rings. The van der Waals surface area contributed by atoms with Gasteiger partial charge in [0.15, 0.2) is 16.4 Å². The van der Waals surface area contributed by atoms with Gasteiger partial charge in [-0.1, -0.05) is 0 Å². The van der Waals surface area contributed by atoms with E-state index in [2.05, 4.69) is 4.98 Å². The average molecular weight is 270 g/mol. The van der Waals surface area contributed by atoms with Gasteiger partial charge in [-0.15, -0.1) is 0 Å². The smallest absolute Gasteiger partial charge is 0.184 e. The van der Waals surface area contributed by atoms with Crippen molar-refractivity contribution in [3.8, 4) is 0 Å². The van der Waals surface area contributed by atoms with Crippen LogP contribution in [-0.2, 0) is 4.74 Å². The van der Waals surface area contributed by atoms with Gasteiger partial charge in [0, 0.05) is 6.61 Å². The lowest BCUT2D eigenvalue weighted by molar-refractivity contribution is 0.0599. The van der Waals surface area contributed by atoms with Crippen molar-refractivity contribution >= 4 is 23.3 Å². The molecular formula is C12H12F2N2OS. The highest BCUT2D eigenvalue weighted by molar-refractivity contribution is 7.71. The second-order valence-electron chi connectivity index (χ2n) is 4.43. The maximum absolute atomic E-state index is 13.9. The zero-order valence-electron chi connectivity index (χ0n) is 9.58. The summed E-state index contributed by atoms with van der Waals surface area (Å²) in [7, 11) is 0. The number of rotatable bonds is 1. The lowest BCUT2D eigenvalue weighted by Gasteiger charge is -2.24. The van der Waals surface area contributed by atoms with E-state index in [1.165, 1.54) is 6.07 Å². The number of ether oxygens (including phenoxy) is 1. The molecule has 0 amide bonds. The first-order valence-electron chi connectivity index (χ1n) is 5.84. The zero-order chi connectivity index (χ0) is 12.7. The Morgan fingerprint density at radius 1 is 1.39 bits per heavy atom. The number of aromatic amines is 1. The number of H-pyrrole nitrogens is 1. The van der Waals surface area contributed by atoms with Crippen molar-refractivity contribution in [1.29, 1.82) is 0 Å². The zero-order valence-corrected chi connectivity index (χ0v) is 10.4. The number of halogens is 2. The Labute approximate surface area is 107 Å². The molecule has 1 saturated heterocycles. The number of fused-ring (bicyclic) bond motifs is 1. The first kappa shape index (κ1) is 11.8. The number of aromatic nitrogens is 2. The van der Waals surface area contributed by atoms with E-state index in [1.54, 1.807) is 4.57 Å². The summed E-state index contributed by atoms with van der Waals surface area (Å²) in [4.78, 5) is 2.91. The molecule has 0 aliphatic carbocycles. The summed E-state index contributed by atoms with van der Waals surface area (Å²) in [5.74, 6) is -1.72. The van der Waals surface area contributed by atoms with Crippen molar-refractivity contribution in [2.45, 2.75) is 18.9 Å². The van der Waals surface area contributed by atoms with Gasteiger partial charge in [-0.05, 0) is 37.2 Å². The van der Waals surface area contributed by atoms with E-state index >= 15 is 0 Å². The van der Waals surface area contributed by atoms with Gasteiger partial charge >= 0.3 is 0 Å². The second kappa shape index (κ2) is 4.44. The molecule has 1 aliphatic heterocycles. The summed E-state index contributed by atoms with van der Waals surface area (Å²) in [5, 5.41) is 0. The Morgan fingerprint density at radius 3 is 2.94 bits per heavy atom. The van der Waals surface area contributed by atoms with Crippen LogP contribution in [0, 0.1) is 16.4 Å². The highest BCUT2D eigenvalue weighted by Crippen LogP contribution is 2.27. The van der Waals surface area contributed by atoms with Gasteiger partial charge in [0.05, 0.1) is 18.2 Å². The predicted octanol–water partition coefficient (Wildman–Crippen LogP) is 3.33. The van der Waals surface area contributed by atoms with E-state index in [1.807, 2.05) is 0 Å². The quantitative estimate of drug-likeness (QED) is 0.806. The summed E-state index contributed by atoms with van der Waals surface area (Å²) in [6, 6.07) is 2.57. The molecule has 0 spiro atoms. The number of nitrogens with zero attached hydrogens (tertiary/aromatic N) is 1. The molecule has 6 heteroatoms. The van der Waals surface area contributed by atoms with Crippen LogP contribution in [0.5, 0.6) is 0 Å². The molecule has 3 nitrogen and oxygen atoms in total. The molecule has 1 aromatic heterocycles. The minimum absolute atomic E-state index is 0.0312. The van der Waals surface area contributed by atoms with Crippen LogP contribution in [0.15, 0.2) is 12.1 Å². The molecule has 1 fully saturated rings. The molecule has 96 valence electrons. The predicted molar refractivity (Wildman–Crippen MR) is 66.1 cm³/mol. The Morgan fingerprint density at radius 2 is 2.22 bits per heavy atom. The van der Waals surface area contributed by atoms with E-state index in [4.69, 9.17) is 17.0 Å². The first-order chi connectivity index (χ1) is 8.68. The molecular weight excluding hydrogens is 258 g/mol. The van der Waals surface area contributed by atoms with Gasteiger partial charge < -0.3 is 14.3 Å². The lowest BCUT2D eigenvalue weighted by atomic mass is 10.1. The normalized spacial score (nSPS) is 20.4. The standard InChI is InChI=1S/C12H12F2N2OS/c13-8-3-4-9-11(10(8)14)16(12(18)15-9)7-2-1-5-17-6-7/h3-4,7H,1-2,5-6H2,(H,15,18). The third-order valence-electron chi connectivity index (χ3n) is 3.27. The van der Waals surface area contributed by atoms with Crippen LogP contribution in [0.3, 0.4) is 0 Å². The van der Waals surface area contributed by atoms with E-state index in [0.717, 1.165) is 18.9 Å². The molecule has 18 heavy (non-hydrogen) atoms. The molecule has 0 bridgehead atoms. The molecule has 1 unspecified atom stereocenters. The minimum Gasteiger partial charge on any atom is -0.379 e. The van der Waals surface area contributed by atoms with Gasteiger partial charge in [0.1, 0.15) is 5.52 Å². The van der Waals surface area contributed by atoms with Crippen LogP contribution in [0.25, 0.3) is 11.0 Å². The van der Waals surface area contributed by atoms with Crippen molar-refractivity contribution < 1.29 is 13.5 Å². The Balaban J connectivity index is 2.23. The van der Waals surface area contributed by atoms with Crippen molar-refractivity contribution in [2.24, 2.45) is 0 Å². The highest BCUT2D eigenvalue weighted by Gasteiger charge is 2.22. The Hall–Kier alpha value is -1.27. The summed E-state index contributed by atoms with van der Waals surface area (Å²) in [6.45, 7) is 1.19. The second-order valence-corrected chi connectivity index (χ2v) is 4.82. The Bertz CT molecular complexity index is 643. The molecule has 0 radical (unpaired) electrons. The number of benzene rings is 1. The fraction of sp³-hybridized carbons (Fsp3) is 0.417.